The highest BCUT2D eigenvalue weighted by atomic mass is 32.1. The second-order valence-corrected chi connectivity index (χ2v) is 14.7. The lowest BCUT2D eigenvalue weighted by molar-refractivity contribution is -0.133. The molecule has 284 valence electrons. The molecule has 1 unspecified atom stereocenters. The molecule has 0 radical (unpaired) electrons. The first-order valence-electron chi connectivity index (χ1n) is 18.3. The molecule has 54 heavy (non-hydrogen) atoms. The van der Waals surface area contributed by atoms with Crippen molar-refractivity contribution in [2.75, 3.05) is 47.4 Å². The van der Waals surface area contributed by atoms with E-state index < -0.39 is 0 Å². The maximum atomic E-state index is 13.4. The summed E-state index contributed by atoms with van der Waals surface area (Å²) in [5, 5.41) is 12.2. The van der Waals surface area contributed by atoms with Crippen molar-refractivity contribution in [1.29, 1.82) is 5.26 Å². The van der Waals surface area contributed by atoms with Crippen molar-refractivity contribution in [2.45, 2.75) is 59.0 Å². The quantitative estimate of drug-likeness (QED) is 0.108. The van der Waals surface area contributed by atoms with Crippen LogP contribution in [-0.4, -0.2) is 83.5 Å². The number of pyridine rings is 1. The molecule has 2 aromatic carbocycles. The molecule has 2 aromatic heterocycles. The van der Waals surface area contributed by atoms with Gasteiger partial charge >= 0.3 is 0 Å². The van der Waals surface area contributed by atoms with Crippen molar-refractivity contribution in [3.05, 3.63) is 103 Å². The molecule has 0 aliphatic carbocycles. The molecule has 1 aliphatic rings. The summed E-state index contributed by atoms with van der Waals surface area (Å²) in [7, 11) is 6.81. The van der Waals surface area contributed by atoms with Gasteiger partial charge in [0.15, 0.2) is 0 Å². The number of aryl methyl sites for hydroxylation is 2. The fraction of sp³-hybridized carbons (Fsp3) is 0.405. The van der Waals surface area contributed by atoms with Gasteiger partial charge in [0.25, 0.3) is 11.5 Å². The van der Waals surface area contributed by atoms with Crippen LogP contribution < -0.4 is 15.0 Å². The summed E-state index contributed by atoms with van der Waals surface area (Å²) in [5.41, 5.74) is 6.50. The van der Waals surface area contributed by atoms with Gasteiger partial charge in [0, 0.05) is 82.1 Å². The highest BCUT2D eigenvalue weighted by molar-refractivity contribution is 7.10. The number of carbonyl (C=O) groups excluding carboxylic acids is 2. The van der Waals surface area contributed by atoms with Crippen molar-refractivity contribution in [3.63, 3.8) is 0 Å². The van der Waals surface area contributed by atoms with Crippen LogP contribution in [0.5, 0.6) is 11.5 Å². The van der Waals surface area contributed by atoms with E-state index in [1.807, 2.05) is 60.7 Å². The minimum absolute atomic E-state index is 0.0130. The maximum absolute atomic E-state index is 13.4. The third-order valence-corrected chi connectivity index (χ3v) is 11.1. The van der Waals surface area contributed by atoms with Gasteiger partial charge < -0.3 is 23.8 Å². The molecule has 12 heteroatoms. The number of hydrogen-bond donors (Lipinski definition) is 0. The Balaban J connectivity index is 1.20. The van der Waals surface area contributed by atoms with Crippen LogP contribution in [0, 0.1) is 25.2 Å². The zero-order valence-corrected chi connectivity index (χ0v) is 33.2. The van der Waals surface area contributed by atoms with Crippen molar-refractivity contribution >= 4 is 29.2 Å². The summed E-state index contributed by atoms with van der Waals surface area (Å²) in [6.07, 6.45) is 7.61. The van der Waals surface area contributed by atoms with E-state index in [9.17, 15) is 19.6 Å². The Kier molecular flexibility index (Phi) is 13.5. The summed E-state index contributed by atoms with van der Waals surface area (Å²) in [5.74, 6) is 1.20. The summed E-state index contributed by atoms with van der Waals surface area (Å²) < 4.78 is 13.3. The van der Waals surface area contributed by atoms with E-state index in [2.05, 4.69) is 28.9 Å². The summed E-state index contributed by atoms with van der Waals surface area (Å²) in [4.78, 5) is 49.4. The van der Waals surface area contributed by atoms with Crippen LogP contribution in [0.3, 0.4) is 0 Å². The number of carbonyl (C=O) groups is 2. The number of piperazine rings is 1. The minimum atomic E-state index is -0.341. The van der Waals surface area contributed by atoms with E-state index in [0.717, 1.165) is 59.3 Å². The van der Waals surface area contributed by atoms with Crippen LogP contribution in [-0.2, 0) is 29.6 Å². The van der Waals surface area contributed by atoms with Crippen LogP contribution in [0.25, 0.3) is 17.2 Å². The van der Waals surface area contributed by atoms with Gasteiger partial charge in [-0.1, -0.05) is 37.6 Å². The number of benzene rings is 2. The lowest BCUT2D eigenvalue weighted by Crippen LogP contribution is -2.48. The third-order valence-electron chi connectivity index (χ3n) is 10.3. The molecular formula is C42H50N6O5S. The van der Waals surface area contributed by atoms with Crippen LogP contribution in [0.2, 0.25) is 0 Å². The van der Waals surface area contributed by atoms with E-state index in [1.54, 1.807) is 50.1 Å². The number of amides is 2. The van der Waals surface area contributed by atoms with Crippen LogP contribution in [0.15, 0.2) is 64.5 Å². The zero-order valence-electron chi connectivity index (χ0n) is 32.3. The molecule has 1 atom stereocenters. The molecule has 11 nitrogen and oxygen atoms in total. The minimum Gasteiger partial charge on any atom is -0.496 e. The summed E-state index contributed by atoms with van der Waals surface area (Å²) in [6, 6.07) is 13.9. The number of methoxy groups -OCH3 is 2. The van der Waals surface area contributed by atoms with Gasteiger partial charge in [-0.3, -0.25) is 19.3 Å². The number of aromatic nitrogens is 2. The molecule has 1 saturated heterocycles. The normalized spacial score (nSPS) is 14.0. The van der Waals surface area contributed by atoms with Crippen LogP contribution in [0.4, 0.5) is 0 Å². The van der Waals surface area contributed by atoms with Gasteiger partial charge in [-0.15, -0.1) is 11.3 Å². The standard InChI is InChI=1S/C42H50N6O5S/c1-8-10-36(46(5)42(51)33(25-43)24-39-44-15-20-54-39)31-12-9-11-30(21-31)13-14-40(49)48-18-16-47(17-19-48)27-35-37(52-6)22-32(23-38(35)53-7)34-26-45(4)41(50)29(3)28(34)2/h9,11-12,15,20-24,26,36H,8,10,13-14,16-19,27H2,1-7H3/b33-24-. The van der Waals surface area contributed by atoms with Crippen molar-refractivity contribution in [2.24, 2.45) is 7.05 Å². The Hall–Kier alpha value is -5.25. The largest absolute Gasteiger partial charge is 0.496 e. The molecule has 0 N–H and O–H groups in total. The molecule has 1 aliphatic heterocycles. The second kappa shape index (κ2) is 18.2. The second-order valence-electron chi connectivity index (χ2n) is 13.7. The Morgan fingerprint density at radius 3 is 2.39 bits per heavy atom. The molecular weight excluding hydrogens is 701 g/mol. The molecule has 0 bridgehead atoms. The third kappa shape index (κ3) is 9.09. The molecule has 4 aromatic rings. The average Bonchev–Trinajstić information content (AvgIpc) is 3.72. The lowest BCUT2D eigenvalue weighted by atomic mass is 9.96. The smallest absolute Gasteiger partial charge is 0.264 e. The topological polar surface area (TPSA) is 121 Å². The number of rotatable bonds is 14. The monoisotopic (exact) mass is 750 g/mol. The van der Waals surface area contributed by atoms with E-state index >= 15 is 0 Å². The van der Waals surface area contributed by atoms with E-state index in [-0.39, 0.29) is 29.0 Å². The van der Waals surface area contributed by atoms with Crippen molar-refractivity contribution < 1.29 is 19.1 Å². The van der Waals surface area contributed by atoms with Crippen molar-refractivity contribution in [3.8, 4) is 28.7 Å². The molecule has 5 rings (SSSR count). The fourth-order valence-electron chi connectivity index (χ4n) is 7.07. The summed E-state index contributed by atoms with van der Waals surface area (Å²) in [6.45, 7) is 9.17. The maximum Gasteiger partial charge on any atom is 0.264 e. The summed E-state index contributed by atoms with van der Waals surface area (Å²) >= 11 is 1.37. The lowest BCUT2D eigenvalue weighted by Gasteiger charge is -2.35. The van der Waals surface area contributed by atoms with Gasteiger partial charge in [0.1, 0.15) is 28.1 Å². The average molecular weight is 751 g/mol. The molecule has 1 fully saturated rings. The molecule has 0 spiro atoms. The predicted molar refractivity (Wildman–Crippen MR) is 212 cm³/mol. The van der Waals surface area contributed by atoms with Gasteiger partial charge in [0.05, 0.1) is 25.8 Å². The number of hydrogen-bond acceptors (Lipinski definition) is 9. The Bertz CT molecular complexity index is 2070. The SMILES string of the molecule is CCCC(c1cccc(CCC(=O)N2CCN(Cc3c(OC)cc(-c4cn(C)c(=O)c(C)c4C)cc3OC)CC2)c1)N(C)C(=O)/C(C#N)=C\c1nccs1. The Morgan fingerprint density at radius 1 is 1.07 bits per heavy atom. The first-order chi connectivity index (χ1) is 26.0. The van der Waals surface area contributed by atoms with Crippen LogP contribution in [0.1, 0.15) is 65.1 Å². The number of nitrogens with zero attached hydrogens (tertiary/aromatic N) is 6. The van der Waals surface area contributed by atoms with Crippen molar-refractivity contribution in [1.82, 2.24) is 24.3 Å². The number of thiazole rings is 1. The zero-order chi connectivity index (χ0) is 38.9. The first-order valence-corrected chi connectivity index (χ1v) is 19.2. The highest BCUT2D eigenvalue weighted by Crippen LogP contribution is 2.37. The number of nitriles is 1. The Morgan fingerprint density at radius 2 is 1.78 bits per heavy atom. The first kappa shape index (κ1) is 39.9. The number of likely N-dealkylation sites (N-methyl/N-ethyl adjacent to an activating group) is 1. The van der Waals surface area contributed by atoms with E-state index in [4.69, 9.17) is 9.47 Å². The Labute approximate surface area is 322 Å². The predicted octanol–water partition coefficient (Wildman–Crippen LogP) is 6.33. The van der Waals surface area contributed by atoms with Crippen LogP contribution >= 0.6 is 11.3 Å². The highest BCUT2D eigenvalue weighted by Gasteiger charge is 2.26. The fourth-order valence-corrected chi connectivity index (χ4v) is 7.64. The van der Waals surface area contributed by atoms with Gasteiger partial charge in [-0.05, 0) is 67.2 Å². The van der Waals surface area contributed by atoms with E-state index in [1.165, 1.54) is 11.3 Å². The number of ether oxygens (including phenoxy) is 2. The van der Waals surface area contributed by atoms with Gasteiger partial charge in [-0.25, -0.2) is 4.98 Å². The molecule has 2 amide bonds. The van der Waals surface area contributed by atoms with Gasteiger partial charge in [0.2, 0.25) is 5.91 Å². The molecule has 0 saturated carbocycles. The molecule has 3 heterocycles. The van der Waals surface area contributed by atoms with E-state index in [0.29, 0.717) is 54.5 Å². The van der Waals surface area contributed by atoms with Gasteiger partial charge in [-0.2, -0.15) is 5.26 Å².